The maximum atomic E-state index is 9.11. The van der Waals surface area contributed by atoms with Crippen LogP contribution >= 0.6 is 0 Å². The molecule has 1 heterocycles. The fourth-order valence-electron chi connectivity index (χ4n) is 1.99. The second kappa shape index (κ2) is 7.17. The minimum Gasteiger partial charge on any atom is -0.394 e. The molecule has 3 N–H and O–H groups in total. The van der Waals surface area contributed by atoms with Crippen molar-refractivity contribution in [2.45, 2.75) is 25.4 Å². The summed E-state index contributed by atoms with van der Waals surface area (Å²) >= 11 is 0. The molecule has 0 aromatic rings. The van der Waals surface area contributed by atoms with Crippen molar-refractivity contribution in [3.63, 3.8) is 0 Å². The van der Waals surface area contributed by atoms with Crippen molar-refractivity contribution in [3.8, 4) is 0 Å². The molecule has 0 radical (unpaired) electrons. The topological polar surface area (TPSA) is 55.7 Å². The van der Waals surface area contributed by atoms with Gasteiger partial charge in [0.25, 0.3) is 0 Å². The molecule has 1 aliphatic heterocycles. The monoisotopic (exact) mass is 216 g/mol. The maximum absolute atomic E-state index is 9.11. The Hall–Kier alpha value is -0.160. The second-order valence-electron chi connectivity index (χ2n) is 4.58. The van der Waals surface area contributed by atoms with Gasteiger partial charge in [-0.05, 0) is 51.9 Å². The van der Waals surface area contributed by atoms with E-state index in [0.29, 0.717) is 6.54 Å². The van der Waals surface area contributed by atoms with Gasteiger partial charge >= 0.3 is 0 Å². The Labute approximate surface area is 92.3 Å². The Morgan fingerprint density at radius 2 is 2.07 bits per heavy atom. The van der Waals surface area contributed by atoms with Crippen LogP contribution in [-0.2, 0) is 0 Å². The molecule has 1 unspecified atom stereocenters. The van der Waals surface area contributed by atoms with Crippen molar-refractivity contribution in [1.82, 2.24) is 10.2 Å². The van der Waals surface area contributed by atoms with Gasteiger partial charge in [-0.2, -0.15) is 0 Å². The summed E-state index contributed by atoms with van der Waals surface area (Å²) in [5.74, 6) is 0.833. The fraction of sp³-hybridized carbons (Fsp3) is 1.00. The van der Waals surface area contributed by atoms with E-state index in [1.54, 1.807) is 0 Å². The third-order valence-electron chi connectivity index (χ3n) is 3.16. The van der Waals surface area contributed by atoms with Crippen LogP contribution in [0, 0.1) is 5.92 Å². The van der Waals surface area contributed by atoms with Crippen LogP contribution in [0.3, 0.4) is 0 Å². The van der Waals surface area contributed by atoms with E-state index in [4.69, 9.17) is 10.2 Å². The van der Waals surface area contributed by atoms with Crippen LogP contribution in [0.5, 0.6) is 0 Å². The number of hydrogen-bond donors (Lipinski definition) is 3. The molecule has 0 aliphatic carbocycles. The highest BCUT2D eigenvalue weighted by Crippen LogP contribution is 2.18. The predicted octanol–water partition coefficient (Wildman–Crippen LogP) is -0.339. The molecule has 4 nitrogen and oxygen atoms in total. The molecule has 0 aromatic carbocycles. The standard InChI is InChI=1S/C11H24N2O2/c1-13-6-3-10(4-7-13)2-5-12-8-11(15)9-14/h10-12,14-15H,2-9H2,1H3. The lowest BCUT2D eigenvalue weighted by molar-refractivity contribution is 0.0938. The lowest BCUT2D eigenvalue weighted by atomic mass is 9.94. The molecule has 1 fully saturated rings. The van der Waals surface area contributed by atoms with Gasteiger partial charge in [-0.15, -0.1) is 0 Å². The largest absolute Gasteiger partial charge is 0.394 e. The first-order valence-corrected chi connectivity index (χ1v) is 5.90. The second-order valence-corrected chi connectivity index (χ2v) is 4.58. The Kier molecular flexibility index (Phi) is 6.17. The van der Waals surface area contributed by atoms with Crippen molar-refractivity contribution in [3.05, 3.63) is 0 Å². The van der Waals surface area contributed by atoms with E-state index in [1.165, 1.54) is 32.4 Å². The van der Waals surface area contributed by atoms with Crippen LogP contribution in [0.4, 0.5) is 0 Å². The summed E-state index contributed by atoms with van der Waals surface area (Å²) in [4.78, 5) is 2.37. The summed E-state index contributed by atoms with van der Waals surface area (Å²) in [5.41, 5.74) is 0. The molecule has 0 amide bonds. The van der Waals surface area contributed by atoms with Crippen molar-refractivity contribution in [2.75, 3.05) is 39.8 Å². The van der Waals surface area contributed by atoms with E-state index < -0.39 is 6.10 Å². The molecule has 1 atom stereocenters. The summed E-state index contributed by atoms with van der Waals surface area (Å²) in [5, 5.41) is 20.9. The number of piperidine rings is 1. The molecule has 4 heteroatoms. The van der Waals surface area contributed by atoms with E-state index in [2.05, 4.69) is 17.3 Å². The predicted molar refractivity (Wildman–Crippen MR) is 60.8 cm³/mol. The SMILES string of the molecule is CN1CCC(CCNCC(O)CO)CC1. The van der Waals surface area contributed by atoms with Gasteiger partial charge in [0.1, 0.15) is 0 Å². The minimum atomic E-state index is -0.609. The average Bonchev–Trinajstić information content (AvgIpc) is 2.26. The minimum absolute atomic E-state index is 0.152. The smallest absolute Gasteiger partial charge is 0.0894 e. The first-order valence-electron chi connectivity index (χ1n) is 5.90. The third-order valence-corrected chi connectivity index (χ3v) is 3.16. The van der Waals surface area contributed by atoms with Crippen LogP contribution < -0.4 is 5.32 Å². The zero-order chi connectivity index (χ0) is 11.1. The normalized spacial score (nSPS) is 21.8. The number of nitrogens with one attached hydrogen (secondary N) is 1. The summed E-state index contributed by atoms with van der Waals surface area (Å²) in [6, 6.07) is 0. The van der Waals surface area contributed by atoms with Crippen LogP contribution in [0.15, 0.2) is 0 Å². The van der Waals surface area contributed by atoms with Gasteiger partial charge in [-0.25, -0.2) is 0 Å². The third kappa shape index (κ3) is 5.47. The van der Waals surface area contributed by atoms with Crippen LogP contribution in [-0.4, -0.2) is 61.1 Å². The molecule has 0 aromatic heterocycles. The Morgan fingerprint density at radius 3 is 2.67 bits per heavy atom. The molecule has 0 spiro atoms. The summed E-state index contributed by atoms with van der Waals surface area (Å²) in [7, 11) is 2.17. The van der Waals surface area contributed by atoms with Gasteiger partial charge in [-0.1, -0.05) is 0 Å². The van der Waals surface area contributed by atoms with E-state index >= 15 is 0 Å². The van der Waals surface area contributed by atoms with Crippen molar-refractivity contribution >= 4 is 0 Å². The van der Waals surface area contributed by atoms with Crippen LogP contribution in [0.25, 0.3) is 0 Å². The van der Waals surface area contributed by atoms with E-state index in [-0.39, 0.29) is 6.61 Å². The highest BCUT2D eigenvalue weighted by Gasteiger charge is 2.15. The molecule has 90 valence electrons. The van der Waals surface area contributed by atoms with Gasteiger partial charge in [0.05, 0.1) is 12.7 Å². The van der Waals surface area contributed by atoms with Crippen LogP contribution in [0.1, 0.15) is 19.3 Å². The van der Waals surface area contributed by atoms with Gasteiger partial charge < -0.3 is 20.4 Å². The highest BCUT2D eigenvalue weighted by molar-refractivity contribution is 4.71. The van der Waals surface area contributed by atoms with Crippen molar-refractivity contribution < 1.29 is 10.2 Å². The summed E-state index contributed by atoms with van der Waals surface area (Å²) < 4.78 is 0. The summed E-state index contributed by atoms with van der Waals surface area (Å²) in [6.45, 7) is 3.73. The Morgan fingerprint density at radius 1 is 1.40 bits per heavy atom. The zero-order valence-corrected chi connectivity index (χ0v) is 9.65. The molecule has 15 heavy (non-hydrogen) atoms. The number of aliphatic hydroxyl groups excluding tert-OH is 2. The zero-order valence-electron chi connectivity index (χ0n) is 9.65. The molecular formula is C11H24N2O2. The number of nitrogens with zero attached hydrogens (tertiary/aromatic N) is 1. The van der Waals surface area contributed by atoms with Gasteiger partial charge in [-0.3, -0.25) is 0 Å². The quantitative estimate of drug-likeness (QED) is 0.532. The van der Waals surface area contributed by atoms with Crippen molar-refractivity contribution in [1.29, 1.82) is 0 Å². The van der Waals surface area contributed by atoms with E-state index in [9.17, 15) is 0 Å². The lowest BCUT2D eigenvalue weighted by Crippen LogP contribution is -2.33. The molecule has 1 aliphatic rings. The van der Waals surface area contributed by atoms with Crippen molar-refractivity contribution in [2.24, 2.45) is 5.92 Å². The maximum Gasteiger partial charge on any atom is 0.0894 e. The first kappa shape index (κ1) is 12.9. The molecule has 0 saturated carbocycles. The van der Waals surface area contributed by atoms with E-state index in [1.807, 2.05) is 0 Å². The number of rotatable bonds is 6. The van der Waals surface area contributed by atoms with Gasteiger partial charge in [0.2, 0.25) is 0 Å². The first-order chi connectivity index (χ1) is 7.22. The molecule has 0 bridgehead atoms. The molecular weight excluding hydrogens is 192 g/mol. The molecule has 1 rings (SSSR count). The highest BCUT2D eigenvalue weighted by atomic mass is 16.3. The number of aliphatic hydroxyl groups is 2. The van der Waals surface area contributed by atoms with Crippen LogP contribution in [0.2, 0.25) is 0 Å². The number of hydrogen-bond acceptors (Lipinski definition) is 4. The van der Waals surface area contributed by atoms with Gasteiger partial charge in [0, 0.05) is 6.54 Å². The Bertz CT molecular complexity index is 159. The lowest BCUT2D eigenvalue weighted by Gasteiger charge is -2.29. The van der Waals surface area contributed by atoms with E-state index in [0.717, 1.165) is 12.5 Å². The average molecular weight is 216 g/mol. The van der Waals surface area contributed by atoms with Gasteiger partial charge in [0.15, 0.2) is 0 Å². The fourth-order valence-corrected chi connectivity index (χ4v) is 1.99. The number of likely N-dealkylation sites (tertiary alicyclic amines) is 1. The summed E-state index contributed by atoms with van der Waals surface area (Å²) in [6.07, 6.45) is 3.16. The Balaban J connectivity index is 1.96. The molecule has 1 saturated heterocycles.